The molecule has 0 unspecified atom stereocenters. The predicted molar refractivity (Wildman–Crippen MR) is 84.9 cm³/mol. The zero-order valence-corrected chi connectivity index (χ0v) is 13.2. The average Bonchev–Trinajstić information content (AvgIpc) is 2.93. The van der Waals surface area contributed by atoms with Crippen molar-refractivity contribution in [2.45, 2.75) is 6.54 Å². The summed E-state index contributed by atoms with van der Waals surface area (Å²) in [6.07, 6.45) is 4.93. The van der Waals surface area contributed by atoms with Crippen molar-refractivity contribution >= 4 is 23.6 Å². The number of amides is 2. The first kappa shape index (κ1) is 17.3. The van der Waals surface area contributed by atoms with Gasteiger partial charge >= 0.3 is 0 Å². The number of benzene rings is 1. The van der Waals surface area contributed by atoms with E-state index in [0.717, 1.165) is 24.3 Å². The average molecular weight is 334 g/mol. The van der Waals surface area contributed by atoms with Gasteiger partial charge in [0.2, 0.25) is 11.8 Å². The molecular formula is C16H16F2N4O2. The summed E-state index contributed by atoms with van der Waals surface area (Å²) >= 11 is 0. The fraction of sp³-hybridized carbons (Fsp3) is 0.188. The second kappa shape index (κ2) is 7.49. The van der Waals surface area contributed by atoms with E-state index in [1.807, 2.05) is 0 Å². The number of hydrogen-bond acceptors (Lipinski definition) is 3. The molecule has 0 atom stereocenters. The van der Waals surface area contributed by atoms with Gasteiger partial charge in [0.25, 0.3) is 0 Å². The second-order valence-electron chi connectivity index (χ2n) is 5.17. The molecule has 24 heavy (non-hydrogen) atoms. The molecule has 0 saturated heterocycles. The van der Waals surface area contributed by atoms with E-state index in [1.165, 1.54) is 28.0 Å². The van der Waals surface area contributed by atoms with Crippen LogP contribution in [-0.4, -0.2) is 40.6 Å². The molecule has 0 fully saturated rings. The summed E-state index contributed by atoms with van der Waals surface area (Å²) in [4.78, 5) is 24.8. The summed E-state index contributed by atoms with van der Waals surface area (Å²) < 4.78 is 28.3. The quantitative estimate of drug-likeness (QED) is 0.849. The van der Waals surface area contributed by atoms with Gasteiger partial charge in [0.1, 0.15) is 18.2 Å². The van der Waals surface area contributed by atoms with Crippen LogP contribution in [0.5, 0.6) is 0 Å². The molecule has 0 radical (unpaired) electrons. The molecule has 1 N–H and O–H groups in total. The fourth-order valence-electron chi connectivity index (χ4n) is 1.81. The maximum atomic E-state index is 13.4. The third kappa shape index (κ3) is 4.48. The van der Waals surface area contributed by atoms with E-state index < -0.39 is 17.5 Å². The van der Waals surface area contributed by atoms with Crippen LogP contribution >= 0.6 is 0 Å². The first-order valence-electron chi connectivity index (χ1n) is 7.02. The molecule has 0 saturated carbocycles. The van der Waals surface area contributed by atoms with Gasteiger partial charge in [0.05, 0.1) is 11.9 Å². The molecule has 2 aromatic rings. The molecule has 1 aromatic carbocycles. The van der Waals surface area contributed by atoms with E-state index in [4.69, 9.17) is 0 Å². The van der Waals surface area contributed by atoms with Crippen LogP contribution in [-0.2, 0) is 16.1 Å². The monoisotopic (exact) mass is 334 g/mol. The number of aromatic nitrogens is 2. The van der Waals surface area contributed by atoms with Crippen molar-refractivity contribution in [3.63, 3.8) is 0 Å². The molecule has 2 amide bonds. The lowest BCUT2D eigenvalue weighted by atomic mass is 10.2. The summed E-state index contributed by atoms with van der Waals surface area (Å²) in [6, 6.07) is 3.45. The number of likely N-dealkylation sites (N-methyl/N-ethyl adjacent to an activating group) is 1. The van der Waals surface area contributed by atoms with Crippen LogP contribution in [0.15, 0.2) is 36.7 Å². The highest BCUT2D eigenvalue weighted by atomic mass is 19.1. The smallest absolute Gasteiger partial charge is 0.248 e. The molecule has 8 heteroatoms. The molecule has 126 valence electrons. The Hall–Kier alpha value is -3.03. The summed E-state index contributed by atoms with van der Waals surface area (Å²) in [7, 11) is 3.25. The van der Waals surface area contributed by atoms with Gasteiger partial charge in [-0.05, 0) is 18.2 Å². The van der Waals surface area contributed by atoms with E-state index in [-0.39, 0.29) is 18.0 Å². The van der Waals surface area contributed by atoms with E-state index in [0.29, 0.717) is 5.69 Å². The largest absolute Gasteiger partial charge is 0.347 e. The van der Waals surface area contributed by atoms with Gasteiger partial charge < -0.3 is 10.2 Å². The maximum Gasteiger partial charge on any atom is 0.248 e. The number of halogens is 2. The van der Waals surface area contributed by atoms with E-state index in [1.54, 1.807) is 14.1 Å². The highest BCUT2D eigenvalue weighted by Crippen LogP contribution is 2.14. The number of anilines is 1. The van der Waals surface area contributed by atoms with Crippen molar-refractivity contribution in [2.24, 2.45) is 0 Å². The molecular weight excluding hydrogens is 318 g/mol. The number of hydrogen-bond donors (Lipinski definition) is 1. The molecule has 6 nitrogen and oxygen atoms in total. The highest BCUT2D eigenvalue weighted by Gasteiger charge is 2.08. The van der Waals surface area contributed by atoms with Crippen molar-refractivity contribution in [3.05, 3.63) is 53.9 Å². The normalized spacial score (nSPS) is 10.8. The molecule has 0 aliphatic carbocycles. The second-order valence-corrected chi connectivity index (χ2v) is 5.17. The van der Waals surface area contributed by atoms with Crippen molar-refractivity contribution in [1.82, 2.24) is 14.7 Å². The first-order valence-corrected chi connectivity index (χ1v) is 7.02. The minimum absolute atomic E-state index is 0.0408. The molecule has 1 aromatic heterocycles. The van der Waals surface area contributed by atoms with Crippen LogP contribution in [0.3, 0.4) is 0 Å². The minimum Gasteiger partial charge on any atom is -0.347 e. The molecule has 0 spiro atoms. The van der Waals surface area contributed by atoms with Crippen LogP contribution < -0.4 is 5.32 Å². The third-order valence-corrected chi connectivity index (χ3v) is 3.10. The maximum absolute atomic E-state index is 13.4. The predicted octanol–water partition coefficient (Wildman–Crippen LogP) is 1.90. The Morgan fingerprint density at radius 1 is 1.29 bits per heavy atom. The Morgan fingerprint density at radius 2 is 1.96 bits per heavy atom. The van der Waals surface area contributed by atoms with Crippen molar-refractivity contribution < 1.29 is 18.4 Å². The van der Waals surface area contributed by atoms with Crippen LogP contribution in [0.25, 0.3) is 6.08 Å². The lowest BCUT2D eigenvalue weighted by molar-refractivity contribution is -0.129. The number of carbonyl (C=O) groups is 2. The van der Waals surface area contributed by atoms with E-state index in [2.05, 4.69) is 10.4 Å². The fourth-order valence-corrected chi connectivity index (χ4v) is 1.81. The number of nitrogens with one attached hydrogen (secondary N) is 1. The summed E-state index contributed by atoms with van der Waals surface area (Å²) in [6.45, 7) is 0.0408. The summed E-state index contributed by atoms with van der Waals surface area (Å²) in [5.74, 6) is -2.23. The molecule has 0 aliphatic rings. The van der Waals surface area contributed by atoms with Crippen molar-refractivity contribution in [3.8, 4) is 0 Å². The zero-order chi connectivity index (χ0) is 17.7. The van der Waals surface area contributed by atoms with Gasteiger partial charge in [-0.15, -0.1) is 0 Å². The van der Waals surface area contributed by atoms with Crippen LogP contribution in [0.4, 0.5) is 14.5 Å². The highest BCUT2D eigenvalue weighted by molar-refractivity contribution is 6.01. The molecule has 2 rings (SSSR count). The van der Waals surface area contributed by atoms with Crippen LogP contribution in [0, 0.1) is 11.6 Å². The van der Waals surface area contributed by atoms with Gasteiger partial charge in [-0.2, -0.15) is 5.10 Å². The Kier molecular flexibility index (Phi) is 5.41. The number of rotatable bonds is 5. The Labute approximate surface area is 137 Å². The van der Waals surface area contributed by atoms with Gasteiger partial charge in [0.15, 0.2) is 0 Å². The zero-order valence-electron chi connectivity index (χ0n) is 13.2. The Bertz CT molecular complexity index is 764. The van der Waals surface area contributed by atoms with Gasteiger partial charge in [-0.25, -0.2) is 8.78 Å². The SMILES string of the molecule is CN(C)C(=O)Cn1cc(NC(=O)/C=C/c2c(F)cccc2F)cn1. The standard InChI is InChI=1S/C16H16F2N4O2/c1-21(2)16(24)10-22-9-11(8-19-22)20-15(23)7-6-12-13(17)4-3-5-14(12)18/h3-9H,10H2,1-2H3,(H,20,23)/b7-6+. The molecule has 0 aliphatic heterocycles. The van der Waals surface area contributed by atoms with Gasteiger partial charge in [0, 0.05) is 31.9 Å². The first-order chi connectivity index (χ1) is 11.4. The molecule has 1 heterocycles. The summed E-state index contributed by atoms with van der Waals surface area (Å²) in [5.41, 5.74) is 0.0742. The Balaban J connectivity index is 1.99. The number of carbonyl (C=O) groups excluding carboxylic acids is 2. The summed E-state index contributed by atoms with van der Waals surface area (Å²) in [5, 5.41) is 6.44. The van der Waals surface area contributed by atoms with Crippen molar-refractivity contribution in [2.75, 3.05) is 19.4 Å². The van der Waals surface area contributed by atoms with Gasteiger partial charge in [-0.3, -0.25) is 14.3 Å². The van der Waals surface area contributed by atoms with Crippen LogP contribution in [0.1, 0.15) is 5.56 Å². The Morgan fingerprint density at radius 3 is 2.58 bits per heavy atom. The lowest BCUT2D eigenvalue weighted by Gasteiger charge is -2.09. The van der Waals surface area contributed by atoms with Gasteiger partial charge in [-0.1, -0.05) is 6.07 Å². The van der Waals surface area contributed by atoms with E-state index in [9.17, 15) is 18.4 Å². The lowest BCUT2D eigenvalue weighted by Crippen LogP contribution is -2.26. The molecule has 0 bridgehead atoms. The van der Waals surface area contributed by atoms with Crippen LogP contribution in [0.2, 0.25) is 0 Å². The topological polar surface area (TPSA) is 67.2 Å². The third-order valence-electron chi connectivity index (χ3n) is 3.10. The minimum atomic E-state index is -0.755. The number of nitrogens with zero attached hydrogens (tertiary/aromatic N) is 3. The van der Waals surface area contributed by atoms with E-state index >= 15 is 0 Å². The van der Waals surface area contributed by atoms with Crippen molar-refractivity contribution in [1.29, 1.82) is 0 Å².